The lowest BCUT2D eigenvalue weighted by Gasteiger charge is -2.09. The van der Waals surface area contributed by atoms with Crippen molar-refractivity contribution in [1.29, 1.82) is 0 Å². The van der Waals surface area contributed by atoms with E-state index in [0.717, 1.165) is 22.7 Å². The molecule has 86 valence electrons. The summed E-state index contributed by atoms with van der Waals surface area (Å²) in [6.45, 7) is 2.66. The van der Waals surface area contributed by atoms with E-state index in [9.17, 15) is 4.79 Å². The summed E-state index contributed by atoms with van der Waals surface area (Å²) in [6.07, 6.45) is 0.780. The van der Waals surface area contributed by atoms with Crippen LogP contribution in [0.5, 0.6) is 0 Å². The van der Waals surface area contributed by atoms with E-state index in [4.69, 9.17) is 16.7 Å². The molecule has 1 saturated carbocycles. The van der Waals surface area contributed by atoms with Crippen molar-refractivity contribution in [2.45, 2.75) is 13.3 Å². The highest BCUT2D eigenvalue weighted by Gasteiger charge is 2.42. The molecule has 3 nitrogen and oxygen atoms in total. The molecule has 1 aromatic carbocycles. The van der Waals surface area contributed by atoms with Gasteiger partial charge in [-0.3, -0.25) is 4.79 Å². The van der Waals surface area contributed by atoms with Crippen LogP contribution in [0.2, 0.25) is 5.02 Å². The second kappa shape index (κ2) is 4.34. The van der Waals surface area contributed by atoms with Gasteiger partial charge in [-0.15, -0.1) is 0 Å². The smallest absolute Gasteiger partial charge is 0.306 e. The number of halogens is 1. The minimum atomic E-state index is -0.686. The second-order valence-corrected chi connectivity index (χ2v) is 4.64. The van der Waals surface area contributed by atoms with Gasteiger partial charge in [0.2, 0.25) is 0 Å². The van der Waals surface area contributed by atoms with E-state index in [1.807, 2.05) is 25.1 Å². The van der Waals surface area contributed by atoms with Crippen LogP contribution in [0, 0.1) is 18.8 Å². The van der Waals surface area contributed by atoms with Crippen LogP contribution in [-0.4, -0.2) is 17.6 Å². The molecule has 2 atom stereocenters. The van der Waals surface area contributed by atoms with Crippen molar-refractivity contribution >= 4 is 23.3 Å². The molecule has 0 bridgehead atoms. The van der Waals surface area contributed by atoms with Gasteiger partial charge >= 0.3 is 5.97 Å². The highest BCUT2D eigenvalue weighted by atomic mass is 35.5. The normalized spacial score (nSPS) is 22.9. The molecule has 0 saturated heterocycles. The molecule has 2 rings (SSSR count). The summed E-state index contributed by atoms with van der Waals surface area (Å²) in [5.41, 5.74) is 2.00. The fraction of sp³-hybridized carbons (Fsp3) is 0.417. The monoisotopic (exact) mass is 239 g/mol. The number of hydrogen-bond acceptors (Lipinski definition) is 2. The van der Waals surface area contributed by atoms with Crippen LogP contribution in [0.15, 0.2) is 18.2 Å². The lowest BCUT2D eigenvalue weighted by molar-refractivity contribution is -0.138. The van der Waals surface area contributed by atoms with Crippen molar-refractivity contribution in [3.05, 3.63) is 28.8 Å². The first-order valence-corrected chi connectivity index (χ1v) is 5.69. The lowest BCUT2D eigenvalue weighted by atomic mass is 10.2. The van der Waals surface area contributed by atoms with Crippen molar-refractivity contribution in [2.75, 3.05) is 11.9 Å². The Morgan fingerprint density at radius 3 is 3.00 bits per heavy atom. The molecule has 0 radical (unpaired) electrons. The first-order chi connectivity index (χ1) is 7.59. The molecule has 1 aromatic rings. The number of carbonyl (C=O) groups is 1. The zero-order valence-electron chi connectivity index (χ0n) is 9.03. The zero-order chi connectivity index (χ0) is 11.7. The van der Waals surface area contributed by atoms with E-state index in [-0.39, 0.29) is 11.8 Å². The van der Waals surface area contributed by atoms with Gasteiger partial charge < -0.3 is 10.4 Å². The van der Waals surface area contributed by atoms with Gasteiger partial charge in [0.05, 0.1) is 5.92 Å². The fourth-order valence-corrected chi connectivity index (χ4v) is 1.99. The molecule has 1 aliphatic carbocycles. The van der Waals surface area contributed by atoms with Gasteiger partial charge in [0.1, 0.15) is 0 Å². The van der Waals surface area contributed by atoms with Gasteiger partial charge in [0.25, 0.3) is 0 Å². The predicted molar refractivity (Wildman–Crippen MR) is 63.9 cm³/mol. The summed E-state index contributed by atoms with van der Waals surface area (Å²) in [7, 11) is 0. The highest BCUT2D eigenvalue weighted by Crippen LogP contribution is 2.38. The summed E-state index contributed by atoms with van der Waals surface area (Å²) >= 11 is 5.99. The van der Waals surface area contributed by atoms with E-state index in [2.05, 4.69) is 5.32 Å². The van der Waals surface area contributed by atoms with E-state index in [1.54, 1.807) is 0 Å². The Balaban J connectivity index is 1.91. The third kappa shape index (κ3) is 2.30. The van der Waals surface area contributed by atoms with Crippen LogP contribution < -0.4 is 5.32 Å². The summed E-state index contributed by atoms with van der Waals surface area (Å²) < 4.78 is 0. The SMILES string of the molecule is Cc1c(Cl)cccc1NCC1CC1C(=O)O. The number of benzene rings is 1. The zero-order valence-corrected chi connectivity index (χ0v) is 9.79. The fourth-order valence-electron chi connectivity index (χ4n) is 1.82. The number of hydrogen-bond donors (Lipinski definition) is 2. The Morgan fingerprint density at radius 2 is 2.38 bits per heavy atom. The van der Waals surface area contributed by atoms with Crippen LogP contribution in [0.25, 0.3) is 0 Å². The number of rotatable bonds is 4. The topological polar surface area (TPSA) is 49.3 Å². The van der Waals surface area contributed by atoms with Crippen molar-refractivity contribution in [3.8, 4) is 0 Å². The van der Waals surface area contributed by atoms with Gasteiger partial charge in [-0.1, -0.05) is 17.7 Å². The summed E-state index contributed by atoms with van der Waals surface area (Å²) in [6, 6.07) is 5.69. The number of carboxylic acid groups (broad SMARTS) is 1. The Labute approximate surface area is 99.4 Å². The second-order valence-electron chi connectivity index (χ2n) is 4.23. The maximum atomic E-state index is 10.7. The Bertz CT molecular complexity index is 419. The average molecular weight is 240 g/mol. The molecule has 16 heavy (non-hydrogen) atoms. The van der Waals surface area contributed by atoms with Gasteiger partial charge in [-0.2, -0.15) is 0 Å². The quantitative estimate of drug-likeness (QED) is 0.850. The van der Waals surface area contributed by atoms with Gasteiger partial charge in [-0.25, -0.2) is 0 Å². The van der Waals surface area contributed by atoms with Crippen molar-refractivity contribution in [1.82, 2.24) is 0 Å². The van der Waals surface area contributed by atoms with E-state index >= 15 is 0 Å². The molecule has 4 heteroatoms. The molecule has 0 amide bonds. The Kier molecular flexibility index (Phi) is 3.06. The van der Waals surface area contributed by atoms with Crippen LogP contribution >= 0.6 is 11.6 Å². The highest BCUT2D eigenvalue weighted by molar-refractivity contribution is 6.31. The van der Waals surface area contributed by atoms with Gasteiger partial charge in [0.15, 0.2) is 0 Å². The third-order valence-corrected chi connectivity index (χ3v) is 3.47. The largest absolute Gasteiger partial charge is 0.481 e. The summed E-state index contributed by atoms with van der Waals surface area (Å²) in [4.78, 5) is 10.7. The molecular weight excluding hydrogens is 226 g/mol. The molecule has 1 fully saturated rings. The molecule has 0 aliphatic heterocycles. The first kappa shape index (κ1) is 11.3. The number of carboxylic acids is 1. The molecule has 0 aromatic heterocycles. The van der Waals surface area contributed by atoms with E-state index < -0.39 is 5.97 Å². The average Bonchev–Trinajstić information content (AvgIpc) is 3.00. The first-order valence-electron chi connectivity index (χ1n) is 5.31. The molecule has 2 N–H and O–H groups in total. The maximum Gasteiger partial charge on any atom is 0.306 e. The van der Waals surface area contributed by atoms with Gasteiger partial charge in [-0.05, 0) is 37.0 Å². The summed E-state index contributed by atoms with van der Waals surface area (Å²) in [5.74, 6) is -0.586. The van der Waals surface area contributed by atoms with Crippen molar-refractivity contribution in [3.63, 3.8) is 0 Å². The standard InChI is InChI=1S/C12H14ClNO2/c1-7-10(13)3-2-4-11(7)14-6-8-5-9(8)12(15)16/h2-4,8-9,14H,5-6H2,1H3,(H,15,16). The summed E-state index contributed by atoms with van der Waals surface area (Å²) in [5, 5.41) is 12.8. The van der Waals surface area contributed by atoms with Crippen LogP contribution in [-0.2, 0) is 4.79 Å². The van der Waals surface area contributed by atoms with Crippen LogP contribution in [0.4, 0.5) is 5.69 Å². The van der Waals surface area contributed by atoms with Crippen LogP contribution in [0.1, 0.15) is 12.0 Å². The molecule has 0 spiro atoms. The maximum absolute atomic E-state index is 10.7. The third-order valence-electron chi connectivity index (χ3n) is 3.06. The van der Waals surface area contributed by atoms with Crippen molar-refractivity contribution < 1.29 is 9.90 Å². The number of anilines is 1. The molecule has 0 heterocycles. The predicted octanol–water partition coefficient (Wildman–Crippen LogP) is 2.78. The van der Waals surface area contributed by atoms with E-state index in [1.165, 1.54) is 0 Å². The van der Waals surface area contributed by atoms with Crippen LogP contribution in [0.3, 0.4) is 0 Å². The number of nitrogens with one attached hydrogen (secondary N) is 1. The number of aliphatic carboxylic acids is 1. The lowest BCUT2D eigenvalue weighted by Crippen LogP contribution is -2.09. The van der Waals surface area contributed by atoms with Crippen molar-refractivity contribution in [2.24, 2.45) is 11.8 Å². The molecule has 2 unspecified atom stereocenters. The van der Waals surface area contributed by atoms with Gasteiger partial charge in [0, 0.05) is 17.3 Å². The Morgan fingerprint density at radius 1 is 1.62 bits per heavy atom. The Hall–Kier alpha value is -1.22. The minimum absolute atomic E-state index is 0.160. The molecule has 1 aliphatic rings. The minimum Gasteiger partial charge on any atom is -0.481 e. The van der Waals surface area contributed by atoms with E-state index in [0.29, 0.717) is 6.54 Å². The molecular formula is C12H14ClNO2.